The van der Waals surface area contributed by atoms with Crippen LogP contribution < -0.4 is 5.32 Å². The Morgan fingerprint density at radius 1 is 1.22 bits per heavy atom. The second-order valence-electron chi connectivity index (χ2n) is 6.85. The van der Waals surface area contributed by atoms with E-state index in [-0.39, 0.29) is 0 Å². The van der Waals surface area contributed by atoms with Crippen molar-refractivity contribution in [3.8, 4) is 0 Å². The van der Waals surface area contributed by atoms with Crippen LogP contribution in [-0.4, -0.2) is 59.5 Å². The number of piperidine rings is 1. The van der Waals surface area contributed by atoms with Gasteiger partial charge in [0.25, 0.3) is 0 Å². The van der Waals surface area contributed by atoms with Crippen LogP contribution in [0.25, 0.3) is 0 Å². The average molecular weight is 316 g/mol. The minimum Gasteiger partial charge on any atom is -0.342 e. The van der Waals surface area contributed by atoms with Crippen molar-refractivity contribution in [2.45, 2.75) is 45.2 Å². The van der Waals surface area contributed by atoms with Gasteiger partial charge in [-0.1, -0.05) is 6.07 Å². The van der Waals surface area contributed by atoms with Gasteiger partial charge in [-0.25, -0.2) is 0 Å². The molecule has 5 nitrogen and oxygen atoms in total. The van der Waals surface area contributed by atoms with E-state index in [1.165, 1.54) is 18.4 Å². The van der Waals surface area contributed by atoms with E-state index in [0.717, 1.165) is 51.3 Å². The number of rotatable bonds is 5. The zero-order valence-electron chi connectivity index (χ0n) is 14.1. The van der Waals surface area contributed by atoms with Gasteiger partial charge in [0, 0.05) is 45.0 Å². The summed E-state index contributed by atoms with van der Waals surface area (Å²) >= 11 is 0. The maximum absolute atomic E-state index is 12.2. The highest BCUT2D eigenvalue weighted by Crippen LogP contribution is 2.13. The van der Waals surface area contributed by atoms with Crippen LogP contribution in [0.2, 0.25) is 0 Å². The standard InChI is InChI=1S/C18H28N4O/c1-15-4-5-17(19-12-15)13-20-16-6-10-21(11-7-16)14-18(23)22-8-2-3-9-22/h4-5,12,16,20H,2-3,6-11,13-14H2,1H3. The van der Waals surface area contributed by atoms with Crippen LogP contribution in [-0.2, 0) is 11.3 Å². The Labute approximate surface area is 139 Å². The van der Waals surface area contributed by atoms with Crippen LogP contribution in [0.3, 0.4) is 0 Å². The number of aromatic nitrogens is 1. The Morgan fingerprint density at radius 3 is 2.61 bits per heavy atom. The molecule has 1 amide bonds. The molecule has 0 radical (unpaired) electrons. The lowest BCUT2D eigenvalue weighted by Gasteiger charge is -2.32. The van der Waals surface area contributed by atoms with Crippen molar-refractivity contribution in [1.29, 1.82) is 0 Å². The van der Waals surface area contributed by atoms with Crippen molar-refractivity contribution < 1.29 is 4.79 Å². The summed E-state index contributed by atoms with van der Waals surface area (Å²) in [6, 6.07) is 4.74. The molecule has 0 atom stereocenters. The number of pyridine rings is 1. The second-order valence-corrected chi connectivity index (χ2v) is 6.85. The molecule has 0 bridgehead atoms. The Kier molecular flexibility index (Phi) is 5.62. The van der Waals surface area contributed by atoms with Crippen molar-refractivity contribution in [2.24, 2.45) is 0 Å². The largest absolute Gasteiger partial charge is 0.342 e. The number of likely N-dealkylation sites (tertiary alicyclic amines) is 2. The minimum atomic E-state index is 0.317. The van der Waals surface area contributed by atoms with Crippen LogP contribution in [0.5, 0.6) is 0 Å². The predicted octanol–water partition coefficient (Wildman–Crippen LogP) is 1.57. The van der Waals surface area contributed by atoms with Crippen LogP contribution in [0.4, 0.5) is 0 Å². The normalized spacial score (nSPS) is 20.1. The lowest BCUT2D eigenvalue weighted by atomic mass is 10.0. The number of carbonyl (C=O) groups is 1. The maximum atomic E-state index is 12.2. The molecular formula is C18H28N4O. The molecule has 2 aliphatic rings. The summed E-state index contributed by atoms with van der Waals surface area (Å²) in [5.74, 6) is 0.317. The van der Waals surface area contributed by atoms with Crippen molar-refractivity contribution in [3.05, 3.63) is 29.6 Å². The number of hydrogen-bond donors (Lipinski definition) is 1. The molecule has 5 heteroatoms. The second kappa shape index (κ2) is 7.88. The zero-order chi connectivity index (χ0) is 16.1. The van der Waals surface area contributed by atoms with Gasteiger partial charge in [0.2, 0.25) is 5.91 Å². The molecule has 23 heavy (non-hydrogen) atoms. The third kappa shape index (κ3) is 4.75. The highest BCUT2D eigenvalue weighted by Gasteiger charge is 2.24. The van der Waals surface area contributed by atoms with Crippen LogP contribution in [0.15, 0.2) is 18.3 Å². The SMILES string of the molecule is Cc1ccc(CNC2CCN(CC(=O)N3CCCC3)CC2)nc1. The highest BCUT2D eigenvalue weighted by atomic mass is 16.2. The first-order valence-corrected chi connectivity index (χ1v) is 8.86. The molecule has 2 aliphatic heterocycles. The zero-order valence-corrected chi connectivity index (χ0v) is 14.1. The van der Waals surface area contributed by atoms with Gasteiger partial charge in [0.15, 0.2) is 0 Å². The van der Waals surface area contributed by atoms with Crippen LogP contribution in [0.1, 0.15) is 36.9 Å². The number of nitrogens with zero attached hydrogens (tertiary/aromatic N) is 3. The van der Waals surface area contributed by atoms with E-state index in [4.69, 9.17) is 0 Å². The lowest BCUT2D eigenvalue weighted by Crippen LogP contribution is -2.46. The fourth-order valence-corrected chi connectivity index (χ4v) is 3.40. The third-order valence-electron chi connectivity index (χ3n) is 4.95. The summed E-state index contributed by atoms with van der Waals surface area (Å²) in [6.07, 6.45) is 6.48. The monoisotopic (exact) mass is 316 g/mol. The van der Waals surface area contributed by atoms with E-state index in [1.807, 2.05) is 11.1 Å². The molecule has 1 N–H and O–H groups in total. The Morgan fingerprint density at radius 2 is 1.96 bits per heavy atom. The molecule has 3 rings (SSSR count). The minimum absolute atomic E-state index is 0.317. The summed E-state index contributed by atoms with van der Waals surface area (Å²) in [5.41, 5.74) is 2.30. The molecule has 2 fully saturated rings. The van der Waals surface area contributed by atoms with Gasteiger partial charge in [0.05, 0.1) is 12.2 Å². The van der Waals surface area contributed by atoms with E-state index >= 15 is 0 Å². The summed E-state index contributed by atoms with van der Waals surface area (Å²) in [4.78, 5) is 21.0. The molecule has 1 aromatic rings. The molecule has 0 aliphatic carbocycles. The quantitative estimate of drug-likeness (QED) is 0.896. The lowest BCUT2D eigenvalue weighted by molar-refractivity contribution is -0.131. The van der Waals surface area contributed by atoms with Gasteiger partial charge < -0.3 is 10.2 Å². The highest BCUT2D eigenvalue weighted by molar-refractivity contribution is 5.78. The molecular weight excluding hydrogens is 288 g/mol. The number of carbonyl (C=O) groups excluding carboxylic acids is 1. The van der Waals surface area contributed by atoms with Gasteiger partial charge >= 0.3 is 0 Å². The van der Waals surface area contributed by atoms with Crippen molar-refractivity contribution in [2.75, 3.05) is 32.7 Å². The molecule has 0 saturated carbocycles. The first-order chi connectivity index (χ1) is 11.2. The first kappa shape index (κ1) is 16.4. The summed E-state index contributed by atoms with van der Waals surface area (Å²) in [6.45, 7) is 7.44. The van der Waals surface area contributed by atoms with E-state index in [0.29, 0.717) is 18.5 Å². The van der Waals surface area contributed by atoms with Gasteiger partial charge in [-0.2, -0.15) is 0 Å². The molecule has 126 valence electrons. The summed E-state index contributed by atoms with van der Waals surface area (Å²) < 4.78 is 0. The van der Waals surface area contributed by atoms with Crippen molar-refractivity contribution >= 4 is 5.91 Å². The number of aryl methyl sites for hydroxylation is 1. The van der Waals surface area contributed by atoms with Crippen molar-refractivity contribution in [1.82, 2.24) is 20.1 Å². The molecule has 0 aromatic carbocycles. The number of nitrogens with one attached hydrogen (secondary N) is 1. The molecule has 0 unspecified atom stereocenters. The Balaban J connectivity index is 1.36. The van der Waals surface area contributed by atoms with Crippen molar-refractivity contribution in [3.63, 3.8) is 0 Å². The molecule has 0 spiro atoms. The van der Waals surface area contributed by atoms with Crippen LogP contribution in [0, 0.1) is 6.92 Å². The predicted molar refractivity (Wildman–Crippen MR) is 91.1 cm³/mol. The van der Waals surface area contributed by atoms with E-state index < -0.39 is 0 Å². The van der Waals surface area contributed by atoms with Gasteiger partial charge in [0.1, 0.15) is 0 Å². The molecule has 3 heterocycles. The fraction of sp³-hybridized carbons (Fsp3) is 0.667. The first-order valence-electron chi connectivity index (χ1n) is 8.86. The van der Waals surface area contributed by atoms with Gasteiger partial charge in [-0.3, -0.25) is 14.7 Å². The topological polar surface area (TPSA) is 48.5 Å². The average Bonchev–Trinajstić information content (AvgIpc) is 3.10. The number of amides is 1. The van der Waals surface area contributed by atoms with E-state index in [1.54, 1.807) is 0 Å². The van der Waals surface area contributed by atoms with Crippen LogP contribution >= 0.6 is 0 Å². The Hall–Kier alpha value is -1.46. The molecule has 1 aromatic heterocycles. The maximum Gasteiger partial charge on any atom is 0.236 e. The number of hydrogen-bond acceptors (Lipinski definition) is 4. The van der Waals surface area contributed by atoms with Gasteiger partial charge in [-0.05, 0) is 44.2 Å². The smallest absolute Gasteiger partial charge is 0.236 e. The summed E-state index contributed by atoms with van der Waals surface area (Å²) in [7, 11) is 0. The Bertz CT molecular complexity index is 502. The summed E-state index contributed by atoms with van der Waals surface area (Å²) in [5, 5.41) is 3.60. The molecule has 2 saturated heterocycles. The van der Waals surface area contributed by atoms with E-state index in [2.05, 4.69) is 34.3 Å². The fourth-order valence-electron chi connectivity index (χ4n) is 3.40. The van der Waals surface area contributed by atoms with Gasteiger partial charge in [-0.15, -0.1) is 0 Å². The third-order valence-corrected chi connectivity index (χ3v) is 4.95. The van der Waals surface area contributed by atoms with E-state index in [9.17, 15) is 4.79 Å².